The summed E-state index contributed by atoms with van der Waals surface area (Å²) in [7, 11) is 0. The van der Waals surface area contributed by atoms with E-state index in [1.54, 1.807) is 18.3 Å². The number of hydrogen-bond acceptors (Lipinski definition) is 6. The highest BCUT2D eigenvalue weighted by Crippen LogP contribution is 2.29. The molecule has 1 aliphatic heterocycles. The summed E-state index contributed by atoms with van der Waals surface area (Å²) in [6.45, 7) is 2.46. The first-order valence-electron chi connectivity index (χ1n) is 8.32. The smallest absolute Gasteiger partial charge is 0.343 e. The van der Waals surface area contributed by atoms with Gasteiger partial charge in [-0.3, -0.25) is 0 Å². The third-order valence-electron chi connectivity index (χ3n) is 4.17. The predicted molar refractivity (Wildman–Crippen MR) is 91.8 cm³/mol. The number of nitrogens with zero attached hydrogens (tertiary/aromatic N) is 3. The highest BCUT2D eigenvalue weighted by Gasteiger charge is 2.18. The van der Waals surface area contributed by atoms with Crippen LogP contribution in [0.3, 0.4) is 0 Å². The average Bonchev–Trinajstić information content (AvgIpc) is 3.05. The van der Waals surface area contributed by atoms with E-state index in [2.05, 4.69) is 15.4 Å². The van der Waals surface area contributed by atoms with E-state index in [0.717, 1.165) is 0 Å². The second kappa shape index (κ2) is 6.62. The first kappa shape index (κ1) is 16.3. The summed E-state index contributed by atoms with van der Waals surface area (Å²) >= 11 is 0. The van der Waals surface area contributed by atoms with Gasteiger partial charge in [-0.05, 0) is 31.2 Å². The van der Waals surface area contributed by atoms with Gasteiger partial charge in [-0.15, -0.1) is 0 Å². The molecule has 0 amide bonds. The molecule has 2 aromatic heterocycles. The predicted octanol–water partition coefficient (Wildman–Crippen LogP) is 2.98. The van der Waals surface area contributed by atoms with E-state index in [-0.39, 0.29) is 18.5 Å². The lowest BCUT2D eigenvalue weighted by Crippen LogP contribution is -2.14. The number of anilines is 1. The maximum Gasteiger partial charge on any atom is 0.343 e. The lowest BCUT2D eigenvalue weighted by molar-refractivity contribution is 0.0488. The molecule has 7 nitrogen and oxygen atoms in total. The summed E-state index contributed by atoms with van der Waals surface area (Å²) in [5.74, 6) is 0.308. The number of hydrogen-bond donors (Lipinski definition) is 1. The molecule has 0 fully saturated rings. The Labute approximate surface area is 148 Å². The Kier molecular flexibility index (Phi) is 4.16. The SMILES string of the molecule is C[C@H]1Nc2ccn3ncc(c3n2)C(=O)OCCCOc2ccc(F)cc21. The molecule has 2 bridgehead atoms. The lowest BCUT2D eigenvalue weighted by Gasteiger charge is -2.19. The number of fused-ring (bicyclic) bond motifs is 2. The van der Waals surface area contributed by atoms with Gasteiger partial charge < -0.3 is 14.8 Å². The van der Waals surface area contributed by atoms with Gasteiger partial charge in [0.15, 0.2) is 5.65 Å². The zero-order valence-electron chi connectivity index (χ0n) is 14.1. The number of aromatic nitrogens is 3. The fourth-order valence-corrected chi connectivity index (χ4v) is 2.87. The van der Waals surface area contributed by atoms with Crippen molar-refractivity contribution in [3.8, 4) is 5.75 Å². The van der Waals surface area contributed by atoms with Gasteiger partial charge in [0.1, 0.15) is 22.9 Å². The van der Waals surface area contributed by atoms with Crippen LogP contribution < -0.4 is 10.1 Å². The van der Waals surface area contributed by atoms with Crippen molar-refractivity contribution >= 4 is 17.4 Å². The Morgan fingerprint density at radius 3 is 3.00 bits per heavy atom. The molecule has 0 unspecified atom stereocenters. The molecule has 1 aromatic carbocycles. The van der Waals surface area contributed by atoms with E-state index >= 15 is 0 Å². The van der Waals surface area contributed by atoms with Crippen LogP contribution in [0.15, 0.2) is 36.7 Å². The monoisotopic (exact) mass is 356 g/mol. The van der Waals surface area contributed by atoms with Crippen molar-refractivity contribution < 1.29 is 18.7 Å². The van der Waals surface area contributed by atoms with E-state index in [4.69, 9.17) is 9.47 Å². The number of carbonyl (C=O) groups is 1. The minimum Gasteiger partial charge on any atom is -0.493 e. The zero-order chi connectivity index (χ0) is 18.1. The van der Waals surface area contributed by atoms with Crippen LogP contribution in [0.5, 0.6) is 5.75 Å². The second-order valence-corrected chi connectivity index (χ2v) is 6.03. The normalized spacial score (nSPS) is 17.8. The van der Waals surface area contributed by atoms with Crippen LogP contribution in [-0.2, 0) is 4.74 Å². The van der Waals surface area contributed by atoms with Gasteiger partial charge in [0, 0.05) is 18.2 Å². The van der Waals surface area contributed by atoms with E-state index in [1.807, 2.05) is 6.92 Å². The number of nitrogens with one attached hydrogen (secondary N) is 1. The molecular weight excluding hydrogens is 339 g/mol. The van der Waals surface area contributed by atoms with Crippen molar-refractivity contribution in [2.24, 2.45) is 0 Å². The fourth-order valence-electron chi connectivity index (χ4n) is 2.87. The number of carbonyl (C=O) groups excluding carboxylic acids is 1. The molecule has 0 saturated heterocycles. The van der Waals surface area contributed by atoms with Crippen molar-refractivity contribution in [1.82, 2.24) is 14.6 Å². The summed E-state index contributed by atoms with van der Waals surface area (Å²) in [5.41, 5.74) is 1.39. The number of halogens is 1. The Morgan fingerprint density at radius 1 is 1.27 bits per heavy atom. The Balaban J connectivity index is 1.77. The van der Waals surface area contributed by atoms with Crippen LogP contribution in [0.1, 0.15) is 35.3 Å². The molecule has 0 saturated carbocycles. The molecule has 0 aliphatic carbocycles. The first-order chi connectivity index (χ1) is 12.6. The van der Waals surface area contributed by atoms with E-state index < -0.39 is 5.97 Å². The molecule has 4 rings (SSSR count). The van der Waals surface area contributed by atoms with Gasteiger partial charge in [-0.1, -0.05) is 0 Å². The average molecular weight is 356 g/mol. The zero-order valence-corrected chi connectivity index (χ0v) is 14.1. The molecule has 1 N–H and O–H groups in total. The molecule has 0 radical (unpaired) electrons. The summed E-state index contributed by atoms with van der Waals surface area (Å²) < 4.78 is 26.3. The third kappa shape index (κ3) is 3.05. The summed E-state index contributed by atoms with van der Waals surface area (Å²) in [6, 6.07) is 5.89. The molecule has 0 spiro atoms. The third-order valence-corrected chi connectivity index (χ3v) is 4.17. The summed E-state index contributed by atoms with van der Waals surface area (Å²) in [5, 5.41) is 7.34. The number of benzene rings is 1. The molecular formula is C18H17FN4O3. The van der Waals surface area contributed by atoms with Gasteiger partial charge >= 0.3 is 5.97 Å². The van der Waals surface area contributed by atoms with Crippen molar-refractivity contribution in [3.05, 3.63) is 53.6 Å². The van der Waals surface area contributed by atoms with Crippen molar-refractivity contribution in [2.45, 2.75) is 19.4 Å². The molecule has 26 heavy (non-hydrogen) atoms. The minimum atomic E-state index is -0.475. The Bertz CT molecular complexity index is 972. The quantitative estimate of drug-likeness (QED) is 0.624. The molecule has 8 heteroatoms. The van der Waals surface area contributed by atoms with Gasteiger partial charge in [0.05, 0.1) is 25.5 Å². The maximum atomic E-state index is 13.7. The summed E-state index contributed by atoms with van der Waals surface area (Å²) in [6.07, 6.45) is 3.65. The van der Waals surface area contributed by atoms with Crippen LogP contribution in [0.25, 0.3) is 5.65 Å². The van der Waals surface area contributed by atoms with Gasteiger partial charge in [0.25, 0.3) is 0 Å². The van der Waals surface area contributed by atoms with Gasteiger partial charge in [0.2, 0.25) is 0 Å². The first-order valence-corrected chi connectivity index (χ1v) is 8.32. The minimum absolute atomic E-state index is 0.209. The number of ether oxygens (including phenoxy) is 2. The number of esters is 1. The molecule has 1 aliphatic rings. The van der Waals surface area contributed by atoms with Crippen LogP contribution in [0, 0.1) is 5.82 Å². The molecule has 3 aromatic rings. The standard InChI is InChI=1S/C18H17FN4O3/c1-11-13-9-12(19)3-4-15(13)25-7-2-8-26-18(24)14-10-20-23-6-5-16(21-11)22-17(14)23/h3-6,9-11H,2,7-8H2,1H3,(H,21,22)/t11-/m1/s1. The highest BCUT2D eigenvalue weighted by atomic mass is 19.1. The Morgan fingerprint density at radius 2 is 2.12 bits per heavy atom. The largest absolute Gasteiger partial charge is 0.493 e. The van der Waals surface area contributed by atoms with Gasteiger partial charge in [-0.2, -0.15) is 5.10 Å². The van der Waals surface area contributed by atoms with E-state index in [9.17, 15) is 9.18 Å². The Hall–Kier alpha value is -3.16. The molecule has 134 valence electrons. The van der Waals surface area contributed by atoms with Crippen LogP contribution in [0.2, 0.25) is 0 Å². The van der Waals surface area contributed by atoms with Gasteiger partial charge in [-0.25, -0.2) is 18.7 Å². The van der Waals surface area contributed by atoms with Crippen molar-refractivity contribution in [2.75, 3.05) is 18.5 Å². The van der Waals surface area contributed by atoms with Crippen molar-refractivity contribution in [1.29, 1.82) is 0 Å². The van der Waals surface area contributed by atoms with Crippen LogP contribution in [0.4, 0.5) is 10.2 Å². The topological polar surface area (TPSA) is 77.8 Å². The second-order valence-electron chi connectivity index (χ2n) is 6.03. The molecule has 1 atom stereocenters. The fraction of sp³-hybridized carbons (Fsp3) is 0.278. The van der Waals surface area contributed by atoms with E-state index in [0.29, 0.717) is 41.4 Å². The molecule has 3 heterocycles. The van der Waals surface area contributed by atoms with Crippen molar-refractivity contribution in [3.63, 3.8) is 0 Å². The number of rotatable bonds is 0. The van der Waals surface area contributed by atoms with E-state index in [1.165, 1.54) is 22.8 Å². The van der Waals surface area contributed by atoms with Crippen LogP contribution >= 0.6 is 0 Å². The lowest BCUT2D eigenvalue weighted by atomic mass is 10.1. The maximum absolute atomic E-state index is 13.7. The van der Waals surface area contributed by atoms with Crippen LogP contribution in [-0.4, -0.2) is 33.8 Å². The summed E-state index contributed by atoms with van der Waals surface area (Å²) in [4.78, 5) is 16.7. The number of cyclic esters (lactones) is 1. The highest BCUT2D eigenvalue weighted by molar-refractivity contribution is 5.95.